The lowest BCUT2D eigenvalue weighted by Gasteiger charge is -2.03. The second kappa shape index (κ2) is 7.74. The molecule has 0 atom stereocenters. The van der Waals surface area contributed by atoms with Crippen molar-refractivity contribution in [2.75, 3.05) is 11.9 Å². The van der Waals surface area contributed by atoms with Crippen LogP contribution in [0.1, 0.15) is 12.5 Å². The molecule has 118 valence electrons. The molecule has 0 unspecified atom stereocenters. The maximum absolute atomic E-state index is 11.8. The average molecular weight is 312 g/mol. The van der Waals surface area contributed by atoms with E-state index in [0.717, 1.165) is 11.3 Å². The van der Waals surface area contributed by atoms with E-state index in [2.05, 4.69) is 5.32 Å². The van der Waals surface area contributed by atoms with Crippen molar-refractivity contribution < 1.29 is 14.5 Å². The number of ether oxygens (including phenoxy) is 1. The molecule has 0 bridgehead atoms. The van der Waals surface area contributed by atoms with Gasteiger partial charge in [0.2, 0.25) is 5.91 Å². The van der Waals surface area contributed by atoms with Gasteiger partial charge in [0.25, 0.3) is 5.69 Å². The lowest BCUT2D eigenvalue weighted by atomic mass is 10.2. The van der Waals surface area contributed by atoms with Gasteiger partial charge >= 0.3 is 0 Å². The van der Waals surface area contributed by atoms with Gasteiger partial charge in [0.05, 0.1) is 11.5 Å². The van der Waals surface area contributed by atoms with Crippen LogP contribution in [0.25, 0.3) is 6.08 Å². The molecule has 0 aliphatic heterocycles. The van der Waals surface area contributed by atoms with Crippen molar-refractivity contribution in [2.24, 2.45) is 0 Å². The van der Waals surface area contributed by atoms with Gasteiger partial charge in [0, 0.05) is 23.9 Å². The Bertz CT molecular complexity index is 724. The van der Waals surface area contributed by atoms with Gasteiger partial charge in [-0.05, 0) is 36.8 Å². The van der Waals surface area contributed by atoms with Crippen LogP contribution in [0, 0.1) is 10.1 Å². The fraction of sp³-hybridized carbons (Fsp3) is 0.118. The van der Waals surface area contributed by atoms with E-state index in [4.69, 9.17) is 4.74 Å². The number of nitrogens with zero attached hydrogens (tertiary/aromatic N) is 1. The zero-order valence-electron chi connectivity index (χ0n) is 12.6. The standard InChI is InChI=1S/C17H16N2O4/c1-2-23-16-9-6-13(7-10-16)8-11-17(20)18-14-4-3-5-15(12-14)19(21)22/h3-12H,2H2,1H3,(H,18,20)/b11-8+. The Morgan fingerprint density at radius 2 is 2.00 bits per heavy atom. The Morgan fingerprint density at radius 3 is 2.65 bits per heavy atom. The summed E-state index contributed by atoms with van der Waals surface area (Å²) >= 11 is 0. The zero-order valence-corrected chi connectivity index (χ0v) is 12.6. The Kier molecular flexibility index (Phi) is 5.46. The average Bonchev–Trinajstić information content (AvgIpc) is 2.55. The summed E-state index contributed by atoms with van der Waals surface area (Å²) in [6.45, 7) is 2.51. The fourth-order valence-electron chi connectivity index (χ4n) is 1.89. The van der Waals surface area contributed by atoms with Gasteiger partial charge in [-0.3, -0.25) is 14.9 Å². The van der Waals surface area contributed by atoms with Crippen LogP contribution in [-0.4, -0.2) is 17.4 Å². The van der Waals surface area contributed by atoms with E-state index < -0.39 is 4.92 Å². The summed E-state index contributed by atoms with van der Waals surface area (Å²) < 4.78 is 5.34. The molecule has 6 heteroatoms. The zero-order chi connectivity index (χ0) is 16.7. The molecule has 0 aliphatic rings. The number of carbonyl (C=O) groups excluding carboxylic acids is 1. The van der Waals surface area contributed by atoms with Gasteiger partial charge in [0.15, 0.2) is 0 Å². The first-order valence-corrected chi connectivity index (χ1v) is 7.05. The smallest absolute Gasteiger partial charge is 0.271 e. The Balaban J connectivity index is 1.98. The maximum Gasteiger partial charge on any atom is 0.271 e. The molecular weight excluding hydrogens is 296 g/mol. The van der Waals surface area contributed by atoms with E-state index in [1.54, 1.807) is 12.1 Å². The number of nitro groups is 1. The molecule has 0 aliphatic carbocycles. The number of amides is 1. The van der Waals surface area contributed by atoms with Crippen LogP contribution in [-0.2, 0) is 4.79 Å². The van der Waals surface area contributed by atoms with Crippen LogP contribution in [0.2, 0.25) is 0 Å². The van der Waals surface area contributed by atoms with Gasteiger partial charge in [-0.1, -0.05) is 18.2 Å². The molecule has 0 saturated carbocycles. The largest absolute Gasteiger partial charge is 0.494 e. The Morgan fingerprint density at radius 1 is 1.26 bits per heavy atom. The number of hydrogen-bond acceptors (Lipinski definition) is 4. The molecule has 0 aromatic heterocycles. The third-order valence-corrected chi connectivity index (χ3v) is 2.94. The molecule has 0 radical (unpaired) electrons. The molecular formula is C17H16N2O4. The van der Waals surface area contributed by atoms with E-state index in [9.17, 15) is 14.9 Å². The third-order valence-electron chi connectivity index (χ3n) is 2.94. The van der Waals surface area contributed by atoms with Crippen LogP contribution in [0.5, 0.6) is 5.75 Å². The topological polar surface area (TPSA) is 81.5 Å². The summed E-state index contributed by atoms with van der Waals surface area (Å²) in [7, 11) is 0. The van der Waals surface area contributed by atoms with Crippen molar-refractivity contribution in [2.45, 2.75) is 6.92 Å². The van der Waals surface area contributed by atoms with Crippen LogP contribution in [0.3, 0.4) is 0 Å². The van der Waals surface area contributed by atoms with Crippen molar-refractivity contribution in [3.63, 3.8) is 0 Å². The van der Waals surface area contributed by atoms with Gasteiger partial charge in [-0.15, -0.1) is 0 Å². The molecule has 0 saturated heterocycles. The monoisotopic (exact) mass is 312 g/mol. The minimum Gasteiger partial charge on any atom is -0.494 e. The van der Waals surface area contributed by atoms with Crippen LogP contribution < -0.4 is 10.1 Å². The number of rotatable bonds is 6. The lowest BCUT2D eigenvalue weighted by molar-refractivity contribution is -0.384. The van der Waals surface area contributed by atoms with Crippen molar-refractivity contribution >= 4 is 23.4 Å². The first kappa shape index (κ1) is 16.2. The predicted octanol–water partition coefficient (Wildman–Crippen LogP) is 3.65. The van der Waals surface area contributed by atoms with E-state index >= 15 is 0 Å². The number of carbonyl (C=O) groups is 1. The first-order chi connectivity index (χ1) is 11.1. The molecule has 6 nitrogen and oxygen atoms in total. The quantitative estimate of drug-likeness (QED) is 0.501. The minimum absolute atomic E-state index is 0.0710. The van der Waals surface area contributed by atoms with Gasteiger partial charge < -0.3 is 10.1 Å². The molecule has 0 fully saturated rings. The molecule has 0 spiro atoms. The second-order valence-electron chi connectivity index (χ2n) is 4.63. The number of benzene rings is 2. The molecule has 1 amide bonds. The predicted molar refractivity (Wildman–Crippen MR) is 88.4 cm³/mol. The first-order valence-electron chi connectivity index (χ1n) is 7.05. The highest BCUT2D eigenvalue weighted by atomic mass is 16.6. The maximum atomic E-state index is 11.8. The molecule has 0 heterocycles. The summed E-state index contributed by atoms with van der Waals surface area (Å²) in [5.74, 6) is 0.407. The molecule has 2 aromatic carbocycles. The fourth-order valence-corrected chi connectivity index (χ4v) is 1.89. The van der Waals surface area contributed by atoms with E-state index in [1.807, 2.05) is 31.2 Å². The van der Waals surface area contributed by atoms with E-state index in [0.29, 0.717) is 12.3 Å². The van der Waals surface area contributed by atoms with Gasteiger partial charge in [-0.25, -0.2) is 0 Å². The van der Waals surface area contributed by atoms with Crippen molar-refractivity contribution in [1.29, 1.82) is 0 Å². The summed E-state index contributed by atoms with van der Waals surface area (Å²) in [6.07, 6.45) is 3.02. The third kappa shape index (κ3) is 4.96. The van der Waals surface area contributed by atoms with Crippen LogP contribution >= 0.6 is 0 Å². The lowest BCUT2D eigenvalue weighted by Crippen LogP contribution is -2.07. The number of nitrogens with one attached hydrogen (secondary N) is 1. The summed E-state index contributed by atoms with van der Waals surface area (Å²) in [5.41, 5.74) is 1.15. The molecule has 1 N–H and O–H groups in total. The van der Waals surface area contributed by atoms with E-state index in [1.165, 1.54) is 24.3 Å². The summed E-state index contributed by atoms with van der Waals surface area (Å²) in [5, 5.41) is 13.3. The SMILES string of the molecule is CCOc1ccc(/C=C/C(=O)Nc2cccc([N+](=O)[O-])c2)cc1. The van der Waals surface area contributed by atoms with Gasteiger partial charge in [0.1, 0.15) is 5.75 Å². The number of nitro benzene ring substituents is 1. The Labute approximate surface area is 133 Å². The van der Waals surface area contributed by atoms with Crippen molar-refractivity contribution in [3.8, 4) is 5.75 Å². The second-order valence-corrected chi connectivity index (χ2v) is 4.63. The highest BCUT2D eigenvalue weighted by molar-refractivity contribution is 6.02. The van der Waals surface area contributed by atoms with Crippen molar-refractivity contribution in [1.82, 2.24) is 0 Å². The number of non-ortho nitro benzene ring substituents is 1. The molecule has 2 aromatic rings. The normalized spacial score (nSPS) is 10.5. The number of anilines is 1. The molecule has 2 rings (SSSR count). The minimum atomic E-state index is -0.509. The van der Waals surface area contributed by atoms with Gasteiger partial charge in [-0.2, -0.15) is 0 Å². The summed E-state index contributed by atoms with van der Waals surface area (Å²) in [4.78, 5) is 22.0. The van der Waals surface area contributed by atoms with Crippen molar-refractivity contribution in [3.05, 3.63) is 70.3 Å². The Hall–Kier alpha value is -3.15. The van der Waals surface area contributed by atoms with Crippen LogP contribution in [0.15, 0.2) is 54.6 Å². The van der Waals surface area contributed by atoms with E-state index in [-0.39, 0.29) is 11.6 Å². The number of hydrogen-bond donors (Lipinski definition) is 1. The molecule has 23 heavy (non-hydrogen) atoms. The summed E-state index contributed by atoms with van der Waals surface area (Å²) in [6, 6.07) is 13.1. The highest BCUT2D eigenvalue weighted by Crippen LogP contribution is 2.17. The van der Waals surface area contributed by atoms with Crippen LogP contribution in [0.4, 0.5) is 11.4 Å². The highest BCUT2D eigenvalue weighted by Gasteiger charge is 2.06.